The highest BCUT2D eigenvalue weighted by atomic mass is 32.1. The van der Waals surface area contributed by atoms with Crippen molar-refractivity contribution in [3.8, 4) is 0 Å². The number of nitrogens with zero attached hydrogens (tertiary/aromatic N) is 4. The quantitative estimate of drug-likeness (QED) is 0.869. The van der Waals surface area contributed by atoms with Crippen molar-refractivity contribution in [3.63, 3.8) is 0 Å². The van der Waals surface area contributed by atoms with Gasteiger partial charge in [-0.3, -0.25) is 14.1 Å². The Labute approximate surface area is 134 Å². The first-order chi connectivity index (χ1) is 10.8. The molecule has 2 aromatic rings. The number of fused-ring (bicyclic) bond motifs is 1. The molecular formula is C16H22N4OS. The van der Waals surface area contributed by atoms with E-state index in [1.807, 2.05) is 27.1 Å². The molecule has 0 N–H and O–H groups in total. The molecule has 2 fully saturated rings. The van der Waals surface area contributed by atoms with Gasteiger partial charge in [-0.25, -0.2) is 4.98 Å². The third-order valence-electron chi connectivity index (χ3n) is 4.98. The predicted octanol–water partition coefficient (Wildman–Crippen LogP) is 2.03. The molecule has 1 aliphatic heterocycles. The Bertz CT molecular complexity index is 621. The van der Waals surface area contributed by atoms with E-state index in [2.05, 4.69) is 9.88 Å². The van der Waals surface area contributed by atoms with E-state index in [1.54, 1.807) is 11.3 Å². The summed E-state index contributed by atoms with van der Waals surface area (Å²) in [5, 5.41) is 2.01. The van der Waals surface area contributed by atoms with Crippen LogP contribution in [0.4, 0.5) is 0 Å². The summed E-state index contributed by atoms with van der Waals surface area (Å²) in [7, 11) is 0. The van der Waals surface area contributed by atoms with Gasteiger partial charge in [-0.1, -0.05) is 12.8 Å². The Morgan fingerprint density at radius 3 is 2.73 bits per heavy atom. The summed E-state index contributed by atoms with van der Waals surface area (Å²) in [6, 6.07) is 0.775. The number of carbonyl (C=O) groups excluding carboxylic acids is 1. The molecule has 0 radical (unpaired) electrons. The minimum atomic E-state index is 0.219. The molecule has 0 atom stereocenters. The number of piperazine rings is 1. The molecule has 0 spiro atoms. The maximum absolute atomic E-state index is 12.5. The number of rotatable bonds is 3. The molecule has 2 aromatic heterocycles. The standard InChI is InChI=1S/C16H22N4OS/c21-15(11-13-12-20-9-10-22-16(20)17-13)19-7-5-18(6-8-19)14-3-1-2-4-14/h9-10,12,14H,1-8,11H2. The third-order valence-corrected chi connectivity index (χ3v) is 5.75. The molecule has 6 heteroatoms. The number of carbonyl (C=O) groups is 1. The summed E-state index contributed by atoms with van der Waals surface area (Å²) >= 11 is 1.61. The van der Waals surface area contributed by atoms with E-state index in [9.17, 15) is 4.79 Å². The highest BCUT2D eigenvalue weighted by Gasteiger charge is 2.27. The van der Waals surface area contributed by atoms with E-state index < -0.39 is 0 Å². The van der Waals surface area contributed by atoms with Gasteiger partial charge in [-0.05, 0) is 12.8 Å². The molecule has 1 saturated carbocycles. The average molecular weight is 318 g/mol. The van der Waals surface area contributed by atoms with Gasteiger partial charge in [-0.2, -0.15) is 0 Å². The van der Waals surface area contributed by atoms with Crippen molar-refractivity contribution in [2.24, 2.45) is 0 Å². The van der Waals surface area contributed by atoms with Gasteiger partial charge in [-0.15, -0.1) is 11.3 Å². The molecule has 2 aliphatic rings. The second-order valence-corrected chi connectivity index (χ2v) is 7.23. The van der Waals surface area contributed by atoms with Crippen LogP contribution in [0.1, 0.15) is 31.4 Å². The van der Waals surface area contributed by atoms with Crippen LogP contribution < -0.4 is 0 Å². The Morgan fingerprint density at radius 2 is 2.00 bits per heavy atom. The number of thiazole rings is 1. The maximum Gasteiger partial charge on any atom is 0.228 e. The first kappa shape index (κ1) is 14.2. The molecule has 0 aromatic carbocycles. The molecule has 0 bridgehead atoms. The minimum Gasteiger partial charge on any atom is -0.340 e. The van der Waals surface area contributed by atoms with Crippen LogP contribution in [0.15, 0.2) is 17.8 Å². The highest BCUT2D eigenvalue weighted by molar-refractivity contribution is 7.15. The number of hydrogen-bond donors (Lipinski definition) is 0. The van der Waals surface area contributed by atoms with E-state index in [-0.39, 0.29) is 5.91 Å². The van der Waals surface area contributed by atoms with Gasteiger partial charge >= 0.3 is 0 Å². The molecule has 5 nitrogen and oxygen atoms in total. The number of aromatic nitrogens is 2. The molecule has 118 valence electrons. The molecule has 1 amide bonds. The lowest BCUT2D eigenvalue weighted by atomic mass is 10.1. The largest absolute Gasteiger partial charge is 0.340 e. The Morgan fingerprint density at radius 1 is 1.23 bits per heavy atom. The van der Waals surface area contributed by atoms with E-state index in [1.165, 1.54) is 25.7 Å². The van der Waals surface area contributed by atoms with Crippen molar-refractivity contribution < 1.29 is 4.79 Å². The van der Waals surface area contributed by atoms with Crippen LogP contribution in [-0.2, 0) is 11.2 Å². The smallest absolute Gasteiger partial charge is 0.228 e. The summed E-state index contributed by atoms with van der Waals surface area (Å²) in [4.78, 5) is 22.5. The van der Waals surface area contributed by atoms with Gasteiger partial charge < -0.3 is 4.90 Å². The van der Waals surface area contributed by atoms with Gasteiger partial charge in [0.05, 0.1) is 12.1 Å². The Balaban J connectivity index is 1.32. The predicted molar refractivity (Wildman–Crippen MR) is 87.2 cm³/mol. The Hall–Kier alpha value is -1.40. The lowest BCUT2D eigenvalue weighted by Gasteiger charge is -2.38. The zero-order valence-electron chi connectivity index (χ0n) is 12.8. The van der Waals surface area contributed by atoms with Crippen molar-refractivity contribution in [2.75, 3.05) is 26.2 Å². The Kier molecular flexibility index (Phi) is 3.88. The van der Waals surface area contributed by atoms with Crippen LogP contribution in [0.2, 0.25) is 0 Å². The van der Waals surface area contributed by atoms with Crippen LogP contribution in [-0.4, -0.2) is 57.3 Å². The first-order valence-electron chi connectivity index (χ1n) is 8.22. The SMILES string of the molecule is O=C(Cc1cn2ccsc2n1)N1CCN(C2CCCC2)CC1. The second kappa shape index (κ2) is 6.01. The van der Waals surface area contributed by atoms with Crippen molar-refractivity contribution >= 4 is 22.2 Å². The average Bonchev–Trinajstić information content (AvgIpc) is 3.24. The zero-order valence-corrected chi connectivity index (χ0v) is 13.6. The monoisotopic (exact) mass is 318 g/mol. The van der Waals surface area contributed by atoms with Crippen LogP contribution in [0, 0.1) is 0 Å². The second-order valence-electron chi connectivity index (χ2n) is 6.36. The van der Waals surface area contributed by atoms with Gasteiger partial charge in [0, 0.05) is 50.0 Å². The van der Waals surface area contributed by atoms with E-state index in [0.29, 0.717) is 6.42 Å². The van der Waals surface area contributed by atoms with Gasteiger partial charge in [0.15, 0.2) is 4.96 Å². The maximum atomic E-state index is 12.5. The van der Waals surface area contributed by atoms with Crippen LogP contribution in [0.5, 0.6) is 0 Å². The summed E-state index contributed by atoms with van der Waals surface area (Å²) in [5.74, 6) is 0.219. The fourth-order valence-electron chi connectivity index (χ4n) is 3.73. The van der Waals surface area contributed by atoms with Gasteiger partial charge in [0.25, 0.3) is 0 Å². The highest BCUT2D eigenvalue weighted by Crippen LogP contribution is 2.24. The minimum absolute atomic E-state index is 0.219. The third kappa shape index (κ3) is 2.77. The molecule has 3 heterocycles. The molecule has 22 heavy (non-hydrogen) atoms. The topological polar surface area (TPSA) is 40.9 Å². The lowest BCUT2D eigenvalue weighted by Crippen LogP contribution is -2.51. The lowest BCUT2D eigenvalue weighted by molar-refractivity contribution is -0.132. The molecule has 4 rings (SSSR count). The molecule has 0 unspecified atom stereocenters. The summed E-state index contributed by atoms with van der Waals surface area (Å²) < 4.78 is 1.99. The van der Waals surface area contributed by atoms with Crippen molar-refractivity contribution in [1.29, 1.82) is 0 Å². The van der Waals surface area contributed by atoms with Gasteiger partial charge in [0.2, 0.25) is 5.91 Å². The fourth-order valence-corrected chi connectivity index (χ4v) is 4.45. The normalized spacial score (nSPS) is 21.0. The van der Waals surface area contributed by atoms with Crippen LogP contribution >= 0.6 is 11.3 Å². The van der Waals surface area contributed by atoms with E-state index in [4.69, 9.17) is 0 Å². The number of hydrogen-bond acceptors (Lipinski definition) is 4. The summed E-state index contributed by atoms with van der Waals surface area (Å²) in [5.41, 5.74) is 0.884. The molecular weight excluding hydrogens is 296 g/mol. The van der Waals surface area contributed by atoms with Crippen molar-refractivity contribution in [3.05, 3.63) is 23.5 Å². The summed E-state index contributed by atoms with van der Waals surface area (Å²) in [6.07, 6.45) is 9.83. The van der Waals surface area contributed by atoms with Gasteiger partial charge in [0.1, 0.15) is 0 Å². The van der Waals surface area contributed by atoms with Crippen molar-refractivity contribution in [1.82, 2.24) is 19.2 Å². The van der Waals surface area contributed by atoms with Crippen LogP contribution in [0.3, 0.4) is 0 Å². The fraction of sp³-hybridized carbons (Fsp3) is 0.625. The van der Waals surface area contributed by atoms with E-state index >= 15 is 0 Å². The molecule has 1 aliphatic carbocycles. The zero-order chi connectivity index (χ0) is 14.9. The molecule has 1 saturated heterocycles. The van der Waals surface area contributed by atoms with E-state index in [0.717, 1.165) is 42.9 Å². The number of amides is 1. The number of imidazole rings is 1. The summed E-state index contributed by atoms with van der Waals surface area (Å²) in [6.45, 7) is 3.82. The first-order valence-corrected chi connectivity index (χ1v) is 9.10. The van der Waals surface area contributed by atoms with Crippen molar-refractivity contribution in [2.45, 2.75) is 38.1 Å². The van der Waals surface area contributed by atoms with Crippen LogP contribution in [0.25, 0.3) is 4.96 Å².